The lowest BCUT2D eigenvalue weighted by atomic mass is 10.0. The van der Waals surface area contributed by atoms with Gasteiger partial charge in [0.15, 0.2) is 4.33 Å². The fourth-order valence-electron chi connectivity index (χ4n) is 1.49. The molecule has 0 N–H and O–H groups in total. The summed E-state index contributed by atoms with van der Waals surface area (Å²) in [4.78, 5) is 0. The van der Waals surface area contributed by atoms with E-state index in [-0.39, 0.29) is 0 Å². The summed E-state index contributed by atoms with van der Waals surface area (Å²) in [6, 6.07) is 14.8. The molecule has 0 radical (unpaired) electrons. The van der Waals surface area contributed by atoms with Crippen LogP contribution in [0.3, 0.4) is 0 Å². The molecule has 0 unspecified atom stereocenters. The highest BCUT2D eigenvalue weighted by Gasteiger charge is 2.28. The zero-order chi connectivity index (χ0) is 12.5. The first-order valence-corrected chi connectivity index (χ1v) is 6.83. The second-order valence-corrected chi connectivity index (χ2v) is 6.27. The van der Waals surface area contributed by atoms with E-state index in [0.29, 0.717) is 5.02 Å². The van der Waals surface area contributed by atoms with Crippen LogP contribution in [0.25, 0.3) is 0 Å². The Morgan fingerprint density at radius 1 is 0.765 bits per heavy atom. The molecule has 17 heavy (non-hydrogen) atoms. The van der Waals surface area contributed by atoms with E-state index >= 15 is 0 Å². The summed E-state index contributed by atoms with van der Waals surface area (Å²) in [6.45, 7) is 0. The summed E-state index contributed by atoms with van der Waals surface area (Å²) >= 11 is 22.0. The number of hydrogen-bond donors (Lipinski definition) is 0. The number of benzene rings is 2. The molecule has 2 aromatic carbocycles. The minimum atomic E-state index is -1.06. The Hall–Kier alpha value is -0.210. The lowest BCUT2D eigenvalue weighted by molar-refractivity contribution is 1.04. The summed E-state index contributed by atoms with van der Waals surface area (Å²) < 4.78 is -0.0767. The van der Waals surface area contributed by atoms with Crippen LogP contribution in [0.4, 0.5) is 0 Å². The van der Waals surface area contributed by atoms with Gasteiger partial charge in [-0.3, -0.25) is 0 Å². The first-order valence-electron chi connectivity index (χ1n) is 4.90. The van der Waals surface area contributed by atoms with Crippen molar-refractivity contribution >= 4 is 50.7 Å². The minimum Gasteiger partial charge on any atom is -0.0909 e. The summed E-state index contributed by atoms with van der Waals surface area (Å²) in [7, 11) is 0. The van der Waals surface area contributed by atoms with Crippen molar-refractivity contribution in [1.29, 1.82) is 0 Å². The first-order chi connectivity index (χ1) is 8.00. The molecule has 0 aliphatic heterocycles. The average Bonchev–Trinajstić information content (AvgIpc) is 2.30. The van der Waals surface area contributed by atoms with E-state index in [1.165, 1.54) is 0 Å². The Bertz CT molecular complexity index is 456. The van der Waals surface area contributed by atoms with Gasteiger partial charge in [-0.25, -0.2) is 0 Å². The van der Waals surface area contributed by atoms with Crippen molar-refractivity contribution in [1.82, 2.24) is 0 Å². The highest BCUT2D eigenvalue weighted by molar-refractivity contribution is 9.10. The predicted molar refractivity (Wildman–Crippen MR) is 78.1 cm³/mol. The minimum absolute atomic E-state index is 0.661. The van der Waals surface area contributed by atoms with Crippen molar-refractivity contribution in [3.05, 3.63) is 69.2 Å². The zero-order valence-electron chi connectivity index (χ0n) is 8.63. The van der Waals surface area contributed by atoms with Crippen LogP contribution in [0.15, 0.2) is 53.0 Å². The van der Waals surface area contributed by atoms with Gasteiger partial charge in [-0.15, -0.1) is 0 Å². The highest BCUT2D eigenvalue weighted by atomic mass is 79.9. The van der Waals surface area contributed by atoms with E-state index in [0.717, 1.165) is 15.6 Å². The van der Waals surface area contributed by atoms with Gasteiger partial charge in [-0.1, -0.05) is 75.0 Å². The maximum absolute atomic E-state index is 6.40. The van der Waals surface area contributed by atoms with Gasteiger partial charge in [-0.05, 0) is 35.4 Å². The van der Waals surface area contributed by atoms with Crippen LogP contribution in [-0.4, -0.2) is 0 Å². The Labute approximate surface area is 124 Å². The molecule has 0 saturated heterocycles. The fraction of sp³-hybridized carbons (Fsp3) is 0.0769. The van der Waals surface area contributed by atoms with Gasteiger partial charge in [0, 0.05) is 9.50 Å². The molecule has 0 fully saturated rings. The predicted octanol–water partition coefficient (Wildman–Crippen LogP) is 5.78. The van der Waals surface area contributed by atoms with Crippen molar-refractivity contribution in [3.8, 4) is 0 Å². The van der Waals surface area contributed by atoms with Crippen molar-refractivity contribution < 1.29 is 0 Å². The van der Waals surface area contributed by atoms with Gasteiger partial charge in [0.1, 0.15) is 0 Å². The van der Waals surface area contributed by atoms with Gasteiger partial charge < -0.3 is 0 Å². The van der Waals surface area contributed by atoms with Crippen molar-refractivity contribution in [3.63, 3.8) is 0 Å². The second kappa shape index (κ2) is 5.19. The summed E-state index contributed by atoms with van der Waals surface area (Å²) in [5, 5.41) is 0.661. The third kappa shape index (κ3) is 2.97. The molecule has 4 heteroatoms. The van der Waals surface area contributed by atoms with E-state index in [2.05, 4.69) is 15.9 Å². The Morgan fingerprint density at radius 2 is 1.18 bits per heavy atom. The van der Waals surface area contributed by atoms with Gasteiger partial charge in [-0.2, -0.15) is 0 Å². The molecule has 0 spiro atoms. The van der Waals surface area contributed by atoms with Crippen LogP contribution in [0.2, 0.25) is 5.02 Å². The summed E-state index contributed by atoms with van der Waals surface area (Å²) in [6.07, 6.45) is 0. The van der Waals surface area contributed by atoms with Crippen LogP contribution < -0.4 is 0 Å². The Morgan fingerprint density at radius 3 is 1.65 bits per heavy atom. The molecule has 0 aliphatic rings. The molecule has 2 rings (SSSR count). The molecule has 0 aromatic heterocycles. The average molecular weight is 350 g/mol. The Kier molecular flexibility index (Phi) is 4.04. The van der Waals surface area contributed by atoms with Crippen LogP contribution in [-0.2, 0) is 4.33 Å². The van der Waals surface area contributed by atoms with Gasteiger partial charge in [0.2, 0.25) is 0 Å². The monoisotopic (exact) mass is 348 g/mol. The standard InChI is InChI=1S/C13H8BrCl3/c14-11-5-1-9(2-6-11)13(16,17)10-3-7-12(15)8-4-10/h1-8H. The maximum atomic E-state index is 6.40. The third-order valence-corrected chi connectivity index (χ3v) is 4.07. The molecule has 0 bridgehead atoms. The molecule has 0 saturated carbocycles. The van der Waals surface area contributed by atoms with E-state index in [1.54, 1.807) is 12.1 Å². The topological polar surface area (TPSA) is 0 Å². The summed E-state index contributed by atoms with van der Waals surface area (Å²) in [5.74, 6) is 0. The van der Waals surface area contributed by atoms with Crippen LogP contribution in [0.5, 0.6) is 0 Å². The second-order valence-electron chi connectivity index (χ2n) is 3.59. The molecular weight excluding hydrogens is 342 g/mol. The zero-order valence-corrected chi connectivity index (χ0v) is 12.5. The molecule has 0 atom stereocenters. The smallest absolute Gasteiger partial charge is 0.0909 e. The van der Waals surface area contributed by atoms with Gasteiger partial charge in [0.05, 0.1) is 0 Å². The molecule has 0 heterocycles. The largest absolute Gasteiger partial charge is 0.168 e. The molecule has 0 nitrogen and oxygen atoms in total. The number of halogens is 4. The molecule has 2 aromatic rings. The molecule has 0 aliphatic carbocycles. The maximum Gasteiger partial charge on any atom is 0.168 e. The van der Waals surface area contributed by atoms with Crippen molar-refractivity contribution in [2.45, 2.75) is 4.33 Å². The van der Waals surface area contributed by atoms with Gasteiger partial charge in [0.25, 0.3) is 0 Å². The lowest BCUT2D eigenvalue weighted by Crippen LogP contribution is -2.11. The van der Waals surface area contributed by atoms with Crippen molar-refractivity contribution in [2.75, 3.05) is 0 Å². The van der Waals surface area contributed by atoms with Crippen molar-refractivity contribution in [2.24, 2.45) is 0 Å². The highest BCUT2D eigenvalue weighted by Crippen LogP contribution is 2.41. The van der Waals surface area contributed by atoms with E-state index in [1.807, 2.05) is 36.4 Å². The number of alkyl halides is 2. The van der Waals surface area contributed by atoms with Crippen LogP contribution in [0.1, 0.15) is 11.1 Å². The van der Waals surface area contributed by atoms with E-state index in [9.17, 15) is 0 Å². The normalized spacial score (nSPS) is 11.5. The Balaban J connectivity index is 2.41. The lowest BCUT2D eigenvalue weighted by Gasteiger charge is -2.20. The van der Waals surface area contributed by atoms with Crippen LogP contribution >= 0.6 is 50.7 Å². The quantitative estimate of drug-likeness (QED) is 0.602. The molecule has 0 amide bonds. The molecular formula is C13H8BrCl3. The first kappa shape index (κ1) is 13.2. The van der Waals surface area contributed by atoms with E-state index in [4.69, 9.17) is 34.8 Å². The molecule has 88 valence electrons. The number of rotatable bonds is 2. The van der Waals surface area contributed by atoms with Gasteiger partial charge >= 0.3 is 0 Å². The van der Waals surface area contributed by atoms with Crippen LogP contribution in [0, 0.1) is 0 Å². The third-order valence-electron chi connectivity index (χ3n) is 2.41. The fourth-order valence-corrected chi connectivity index (χ4v) is 2.38. The summed E-state index contributed by atoms with van der Waals surface area (Å²) in [5.41, 5.74) is 1.62. The van der Waals surface area contributed by atoms with E-state index < -0.39 is 4.33 Å². The number of hydrogen-bond acceptors (Lipinski definition) is 0. The SMILES string of the molecule is Clc1ccc(C(Cl)(Cl)c2ccc(Br)cc2)cc1.